The zero-order valence-corrected chi connectivity index (χ0v) is 14.7. The molecular formula is C18H12ClFN4S. The Bertz CT molecular complexity index is 973. The second-order valence-corrected chi connectivity index (χ2v) is 6.48. The minimum Gasteiger partial charge on any atom is -0.277 e. The molecule has 2 aromatic carbocycles. The Morgan fingerprint density at radius 1 is 1.28 bits per heavy atom. The summed E-state index contributed by atoms with van der Waals surface area (Å²) in [5, 5.41) is 16.4. The summed E-state index contributed by atoms with van der Waals surface area (Å²) in [7, 11) is 0. The molecule has 0 aliphatic heterocycles. The first-order valence-electron chi connectivity index (χ1n) is 7.28. The van der Waals surface area contributed by atoms with Crippen LogP contribution in [0.4, 0.5) is 10.1 Å². The summed E-state index contributed by atoms with van der Waals surface area (Å²) < 4.78 is 13.3. The predicted octanol–water partition coefficient (Wildman–Crippen LogP) is 5.25. The van der Waals surface area contributed by atoms with Crippen molar-refractivity contribution < 1.29 is 4.39 Å². The summed E-state index contributed by atoms with van der Waals surface area (Å²) >= 11 is 7.20. The molecule has 0 fully saturated rings. The molecule has 0 spiro atoms. The third-order valence-corrected chi connectivity index (χ3v) is 4.54. The van der Waals surface area contributed by atoms with Crippen molar-refractivity contribution in [2.45, 2.75) is 6.92 Å². The third kappa shape index (κ3) is 4.02. The summed E-state index contributed by atoms with van der Waals surface area (Å²) in [6.07, 6.45) is 0. The number of benzene rings is 2. The molecule has 3 aromatic rings. The van der Waals surface area contributed by atoms with Crippen LogP contribution in [-0.4, -0.2) is 10.7 Å². The van der Waals surface area contributed by atoms with Crippen LogP contribution in [0.5, 0.6) is 0 Å². The lowest BCUT2D eigenvalue weighted by molar-refractivity contribution is 0.628. The fraction of sp³-hybridized carbons (Fsp3) is 0.0556. The van der Waals surface area contributed by atoms with Crippen molar-refractivity contribution in [1.29, 1.82) is 5.26 Å². The van der Waals surface area contributed by atoms with Gasteiger partial charge >= 0.3 is 0 Å². The van der Waals surface area contributed by atoms with E-state index in [0.29, 0.717) is 15.7 Å². The van der Waals surface area contributed by atoms with Crippen molar-refractivity contribution in [2.75, 3.05) is 5.43 Å². The number of aryl methyl sites for hydroxylation is 1. The Kier molecular flexibility index (Phi) is 5.08. The van der Waals surface area contributed by atoms with Gasteiger partial charge in [-0.15, -0.1) is 11.3 Å². The van der Waals surface area contributed by atoms with Crippen LogP contribution in [0.15, 0.2) is 52.9 Å². The molecule has 1 N–H and O–H groups in total. The number of hydrogen-bond donors (Lipinski definition) is 1. The molecule has 0 unspecified atom stereocenters. The number of hydrogen-bond acceptors (Lipinski definition) is 5. The van der Waals surface area contributed by atoms with Crippen LogP contribution in [0.3, 0.4) is 0 Å². The molecule has 0 atom stereocenters. The Morgan fingerprint density at radius 2 is 2.04 bits per heavy atom. The van der Waals surface area contributed by atoms with Gasteiger partial charge in [0.25, 0.3) is 0 Å². The van der Waals surface area contributed by atoms with Gasteiger partial charge in [-0.05, 0) is 36.8 Å². The number of thiazole rings is 1. The summed E-state index contributed by atoms with van der Waals surface area (Å²) in [5.41, 5.74) is 5.83. The zero-order valence-electron chi connectivity index (χ0n) is 13.1. The van der Waals surface area contributed by atoms with E-state index >= 15 is 0 Å². The van der Waals surface area contributed by atoms with Gasteiger partial charge in [0.1, 0.15) is 11.9 Å². The molecular weight excluding hydrogens is 359 g/mol. The van der Waals surface area contributed by atoms with Gasteiger partial charge in [-0.25, -0.2) is 9.37 Å². The van der Waals surface area contributed by atoms with Gasteiger partial charge in [-0.3, -0.25) is 5.43 Å². The lowest BCUT2D eigenvalue weighted by Gasteiger charge is -2.04. The summed E-state index contributed by atoms with van der Waals surface area (Å²) in [6.45, 7) is 1.82. The lowest BCUT2D eigenvalue weighted by atomic mass is 10.2. The Labute approximate surface area is 153 Å². The minimum absolute atomic E-state index is 0.133. The molecule has 0 bridgehead atoms. The van der Waals surface area contributed by atoms with Gasteiger partial charge in [-0.1, -0.05) is 29.8 Å². The summed E-state index contributed by atoms with van der Waals surface area (Å²) in [5.74, 6) is -0.374. The van der Waals surface area contributed by atoms with Crippen LogP contribution >= 0.6 is 22.9 Å². The fourth-order valence-electron chi connectivity index (χ4n) is 2.09. The molecule has 0 aliphatic rings. The Morgan fingerprint density at radius 3 is 2.76 bits per heavy atom. The number of aromatic nitrogens is 1. The molecule has 124 valence electrons. The minimum atomic E-state index is -0.374. The quantitative estimate of drug-likeness (QED) is 0.504. The first-order valence-corrected chi connectivity index (χ1v) is 8.54. The van der Waals surface area contributed by atoms with E-state index in [1.165, 1.54) is 23.5 Å². The van der Waals surface area contributed by atoms with Crippen molar-refractivity contribution in [2.24, 2.45) is 5.10 Å². The smallest absolute Gasteiger partial charge is 0.196 e. The largest absolute Gasteiger partial charge is 0.277 e. The van der Waals surface area contributed by atoms with E-state index in [-0.39, 0.29) is 11.5 Å². The van der Waals surface area contributed by atoms with E-state index in [1.54, 1.807) is 18.2 Å². The molecule has 25 heavy (non-hydrogen) atoms. The number of anilines is 1. The maximum absolute atomic E-state index is 13.3. The first kappa shape index (κ1) is 17.1. The van der Waals surface area contributed by atoms with E-state index in [2.05, 4.69) is 15.5 Å². The second-order valence-electron chi connectivity index (χ2n) is 5.19. The maximum atomic E-state index is 13.3. The highest BCUT2D eigenvalue weighted by Crippen LogP contribution is 2.24. The van der Waals surface area contributed by atoms with E-state index < -0.39 is 0 Å². The highest BCUT2D eigenvalue weighted by atomic mass is 35.5. The molecule has 0 saturated carbocycles. The van der Waals surface area contributed by atoms with Crippen LogP contribution in [0.2, 0.25) is 5.02 Å². The van der Waals surface area contributed by atoms with Gasteiger partial charge in [0.05, 0.1) is 11.4 Å². The number of nitrogens with one attached hydrogen (secondary N) is 1. The standard InChI is InChI=1S/C18H12ClFN4S/c1-11-2-7-14(20)8-15(11)23-24-16(9-21)18-22-17(10-25-18)12-3-5-13(19)6-4-12/h2-8,10,23H,1H3/b24-16+. The number of rotatable bonds is 4. The number of hydrazone groups is 1. The molecule has 3 rings (SSSR count). The van der Waals surface area contributed by atoms with E-state index in [4.69, 9.17) is 11.6 Å². The van der Waals surface area contributed by atoms with Gasteiger partial charge in [0.2, 0.25) is 0 Å². The van der Waals surface area contributed by atoms with Crippen LogP contribution < -0.4 is 5.43 Å². The molecule has 4 nitrogen and oxygen atoms in total. The summed E-state index contributed by atoms with van der Waals surface area (Å²) in [4.78, 5) is 4.44. The van der Waals surface area contributed by atoms with Crippen LogP contribution in [0, 0.1) is 24.1 Å². The topological polar surface area (TPSA) is 61.1 Å². The van der Waals surface area contributed by atoms with Gasteiger partial charge in [0.15, 0.2) is 10.7 Å². The monoisotopic (exact) mass is 370 g/mol. The normalized spacial score (nSPS) is 11.2. The lowest BCUT2D eigenvalue weighted by Crippen LogP contribution is -2.02. The average Bonchev–Trinajstić information content (AvgIpc) is 3.09. The van der Waals surface area contributed by atoms with Gasteiger partial charge < -0.3 is 0 Å². The molecule has 7 heteroatoms. The second kappa shape index (κ2) is 7.43. The number of nitriles is 1. The SMILES string of the molecule is Cc1ccc(F)cc1N/N=C(\C#N)c1nc(-c2ccc(Cl)cc2)cs1. The maximum Gasteiger partial charge on any atom is 0.196 e. The molecule has 0 saturated heterocycles. The van der Waals surface area contributed by atoms with Crippen molar-refractivity contribution in [3.8, 4) is 17.3 Å². The van der Waals surface area contributed by atoms with Crippen LogP contribution in [0.25, 0.3) is 11.3 Å². The zero-order chi connectivity index (χ0) is 17.8. The van der Waals surface area contributed by atoms with Crippen molar-refractivity contribution >= 4 is 34.3 Å². The highest BCUT2D eigenvalue weighted by molar-refractivity contribution is 7.12. The molecule has 0 amide bonds. The Hall–Kier alpha value is -2.75. The van der Waals surface area contributed by atoms with Gasteiger partial charge in [0, 0.05) is 16.0 Å². The van der Waals surface area contributed by atoms with Crippen LogP contribution in [0.1, 0.15) is 10.6 Å². The molecule has 1 heterocycles. The average molecular weight is 371 g/mol. The molecule has 0 radical (unpaired) electrons. The number of halogens is 2. The highest BCUT2D eigenvalue weighted by Gasteiger charge is 2.11. The van der Waals surface area contributed by atoms with Crippen molar-refractivity contribution in [1.82, 2.24) is 4.98 Å². The first-order chi connectivity index (χ1) is 12.1. The van der Waals surface area contributed by atoms with E-state index in [9.17, 15) is 9.65 Å². The molecule has 0 aliphatic carbocycles. The Balaban J connectivity index is 1.85. The number of nitrogens with zero attached hydrogens (tertiary/aromatic N) is 3. The van der Waals surface area contributed by atoms with Crippen LogP contribution in [-0.2, 0) is 0 Å². The molecule has 1 aromatic heterocycles. The van der Waals surface area contributed by atoms with Gasteiger partial charge in [-0.2, -0.15) is 10.4 Å². The predicted molar refractivity (Wildman–Crippen MR) is 99.5 cm³/mol. The van der Waals surface area contributed by atoms with E-state index in [0.717, 1.165) is 16.8 Å². The van der Waals surface area contributed by atoms with Crippen molar-refractivity contribution in [3.05, 3.63) is 69.3 Å². The third-order valence-electron chi connectivity index (χ3n) is 3.44. The van der Waals surface area contributed by atoms with Crippen molar-refractivity contribution in [3.63, 3.8) is 0 Å². The van der Waals surface area contributed by atoms with E-state index in [1.807, 2.05) is 30.5 Å². The fourth-order valence-corrected chi connectivity index (χ4v) is 2.98. The summed E-state index contributed by atoms with van der Waals surface area (Å²) in [6, 6.07) is 13.6.